The maximum absolute atomic E-state index is 10.9. The molecule has 0 aromatic heterocycles. The third-order valence-electron chi connectivity index (χ3n) is 4.43. The summed E-state index contributed by atoms with van der Waals surface area (Å²) >= 11 is 0. The van der Waals surface area contributed by atoms with E-state index in [2.05, 4.69) is 12.2 Å². The van der Waals surface area contributed by atoms with Crippen LogP contribution in [0.15, 0.2) is 18.2 Å². The van der Waals surface area contributed by atoms with Gasteiger partial charge >= 0.3 is 0 Å². The van der Waals surface area contributed by atoms with Gasteiger partial charge in [-0.3, -0.25) is 10.1 Å². The molecule has 0 bridgehead atoms. The number of rotatable bonds is 5. The number of nitro groups is 1. The molecule has 4 nitrogen and oxygen atoms in total. The lowest BCUT2D eigenvalue weighted by atomic mass is 9.84. The van der Waals surface area contributed by atoms with Crippen molar-refractivity contribution in [2.45, 2.75) is 58.5 Å². The van der Waals surface area contributed by atoms with E-state index in [9.17, 15) is 10.1 Å². The molecule has 1 saturated carbocycles. The molecule has 2 atom stereocenters. The van der Waals surface area contributed by atoms with E-state index in [-0.39, 0.29) is 10.6 Å². The molecule has 0 radical (unpaired) electrons. The van der Waals surface area contributed by atoms with Crippen molar-refractivity contribution in [2.75, 3.05) is 0 Å². The van der Waals surface area contributed by atoms with E-state index < -0.39 is 0 Å². The molecule has 0 saturated heterocycles. The predicted octanol–water partition coefficient (Wildman–Crippen LogP) is 3.96. The van der Waals surface area contributed by atoms with Crippen LogP contribution in [0.2, 0.25) is 0 Å². The molecule has 2 rings (SSSR count). The minimum Gasteiger partial charge on any atom is -0.310 e. The summed E-state index contributed by atoms with van der Waals surface area (Å²) in [5.74, 6) is 0.841. The van der Waals surface area contributed by atoms with Crippen molar-refractivity contribution < 1.29 is 4.92 Å². The Morgan fingerprint density at radius 2 is 2.20 bits per heavy atom. The van der Waals surface area contributed by atoms with Crippen LogP contribution in [0.25, 0.3) is 0 Å². The van der Waals surface area contributed by atoms with Gasteiger partial charge in [0.1, 0.15) is 0 Å². The molecule has 1 aromatic carbocycles. The molecule has 0 amide bonds. The highest BCUT2D eigenvalue weighted by Gasteiger charge is 2.20. The smallest absolute Gasteiger partial charge is 0.272 e. The molecule has 0 heterocycles. The second kappa shape index (κ2) is 6.84. The van der Waals surface area contributed by atoms with Gasteiger partial charge in [0, 0.05) is 24.2 Å². The van der Waals surface area contributed by atoms with Crippen LogP contribution in [-0.4, -0.2) is 11.0 Å². The lowest BCUT2D eigenvalue weighted by molar-refractivity contribution is -0.385. The van der Waals surface area contributed by atoms with Crippen molar-refractivity contribution in [3.8, 4) is 0 Å². The number of nitrogens with zero attached hydrogens (tertiary/aromatic N) is 1. The van der Waals surface area contributed by atoms with Gasteiger partial charge in [0.2, 0.25) is 0 Å². The maximum atomic E-state index is 10.9. The topological polar surface area (TPSA) is 55.2 Å². The number of aryl methyl sites for hydroxylation is 1. The van der Waals surface area contributed by atoms with Crippen LogP contribution in [-0.2, 0) is 6.54 Å². The largest absolute Gasteiger partial charge is 0.310 e. The van der Waals surface area contributed by atoms with E-state index >= 15 is 0 Å². The van der Waals surface area contributed by atoms with Gasteiger partial charge in [-0.05, 0) is 31.2 Å². The van der Waals surface area contributed by atoms with Crippen molar-refractivity contribution in [1.82, 2.24) is 5.32 Å². The number of benzene rings is 1. The summed E-state index contributed by atoms with van der Waals surface area (Å²) in [5.41, 5.74) is 1.95. The zero-order chi connectivity index (χ0) is 14.5. The highest BCUT2D eigenvalue weighted by atomic mass is 16.6. The van der Waals surface area contributed by atoms with E-state index in [1.807, 2.05) is 12.1 Å². The molecule has 0 spiro atoms. The van der Waals surface area contributed by atoms with Crippen molar-refractivity contribution >= 4 is 5.69 Å². The van der Waals surface area contributed by atoms with Gasteiger partial charge < -0.3 is 5.32 Å². The molecule has 20 heavy (non-hydrogen) atoms. The number of nitro benzene ring substituents is 1. The summed E-state index contributed by atoms with van der Waals surface area (Å²) in [6.07, 6.45) is 6.37. The molecule has 2 unspecified atom stereocenters. The summed E-state index contributed by atoms with van der Waals surface area (Å²) in [7, 11) is 0. The monoisotopic (exact) mass is 276 g/mol. The van der Waals surface area contributed by atoms with Crippen molar-refractivity contribution in [1.29, 1.82) is 0 Å². The first-order valence-corrected chi connectivity index (χ1v) is 7.57. The quantitative estimate of drug-likeness (QED) is 0.654. The van der Waals surface area contributed by atoms with Crippen molar-refractivity contribution in [2.24, 2.45) is 5.92 Å². The van der Waals surface area contributed by atoms with Crippen LogP contribution in [0.3, 0.4) is 0 Å². The Balaban J connectivity index is 1.93. The van der Waals surface area contributed by atoms with Gasteiger partial charge in [0.25, 0.3) is 5.69 Å². The van der Waals surface area contributed by atoms with Crippen LogP contribution >= 0.6 is 0 Å². The molecule has 4 heteroatoms. The second-order valence-electron chi connectivity index (χ2n) is 5.90. The third-order valence-corrected chi connectivity index (χ3v) is 4.43. The number of hydrogen-bond donors (Lipinski definition) is 1. The minimum absolute atomic E-state index is 0.222. The first kappa shape index (κ1) is 15.0. The molecular weight excluding hydrogens is 252 g/mol. The van der Waals surface area contributed by atoms with Gasteiger partial charge in [0.15, 0.2) is 0 Å². The van der Waals surface area contributed by atoms with Crippen LogP contribution in [0.5, 0.6) is 0 Å². The molecule has 1 N–H and O–H groups in total. The summed E-state index contributed by atoms with van der Waals surface area (Å²) < 4.78 is 0. The lowest BCUT2D eigenvalue weighted by Gasteiger charge is -2.29. The Labute approximate surface area is 120 Å². The zero-order valence-corrected chi connectivity index (χ0v) is 12.4. The average molecular weight is 276 g/mol. The molecule has 1 aliphatic carbocycles. The maximum Gasteiger partial charge on any atom is 0.272 e. The van der Waals surface area contributed by atoms with E-state index in [4.69, 9.17) is 0 Å². The SMILES string of the molecule is CCC1CCCC(NCc2ccc(C)c([N+](=O)[O-])c2)C1. The van der Waals surface area contributed by atoms with Crippen LogP contribution in [0.1, 0.15) is 50.2 Å². The summed E-state index contributed by atoms with van der Waals surface area (Å²) in [4.78, 5) is 10.6. The van der Waals surface area contributed by atoms with Gasteiger partial charge in [-0.1, -0.05) is 38.3 Å². The summed E-state index contributed by atoms with van der Waals surface area (Å²) in [5, 5.41) is 14.5. The van der Waals surface area contributed by atoms with Crippen LogP contribution in [0, 0.1) is 23.0 Å². The summed E-state index contributed by atoms with van der Waals surface area (Å²) in [6, 6.07) is 6.08. The molecule has 1 aromatic rings. The minimum atomic E-state index is -0.299. The van der Waals surface area contributed by atoms with Gasteiger partial charge in [-0.2, -0.15) is 0 Å². The lowest BCUT2D eigenvalue weighted by Crippen LogP contribution is -2.33. The van der Waals surface area contributed by atoms with Gasteiger partial charge in [-0.15, -0.1) is 0 Å². The van der Waals surface area contributed by atoms with Crippen molar-refractivity contribution in [3.63, 3.8) is 0 Å². The Kier molecular flexibility index (Phi) is 5.12. The normalized spacial score (nSPS) is 22.7. The fourth-order valence-electron chi connectivity index (χ4n) is 3.07. The van der Waals surface area contributed by atoms with Crippen LogP contribution in [0.4, 0.5) is 5.69 Å². The van der Waals surface area contributed by atoms with Gasteiger partial charge in [0.05, 0.1) is 4.92 Å². The van der Waals surface area contributed by atoms with Crippen LogP contribution < -0.4 is 5.32 Å². The molecule has 110 valence electrons. The second-order valence-corrected chi connectivity index (χ2v) is 5.90. The third kappa shape index (κ3) is 3.79. The van der Waals surface area contributed by atoms with Crippen molar-refractivity contribution in [3.05, 3.63) is 39.4 Å². The Morgan fingerprint density at radius 3 is 2.90 bits per heavy atom. The van der Waals surface area contributed by atoms with E-state index in [0.29, 0.717) is 6.04 Å². The first-order chi connectivity index (χ1) is 9.60. The predicted molar refractivity (Wildman–Crippen MR) is 80.7 cm³/mol. The molecular formula is C16H24N2O2. The highest BCUT2D eigenvalue weighted by molar-refractivity contribution is 5.42. The average Bonchev–Trinajstić information content (AvgIpc) is 2.46. The molecule has 1 aliphatic rings. The zero-order valence-electron chi connectivity index (χ0n) is 12.4. The fourth-order valence-corrected chi connectivity index (χ4v) is 3.07. The molecule has 1 fully saturated rings. The van der Waals surface area contributed by atoms with Gasteiger partial charge in [-0.25, -0.2) is 0 Å². The fraction of sp³-hybridized carbons (Fsp3) is 0.625. The number of nitrogens with one attached hydrogen (secondary N) is 1. The Bertz CT molecular complexity index is 474. The van der Waals surface area contributed by atoms with E-state index in [0.717, 1.165) is 23.6 Å². The van der Waals surface area contributed by atoms with E-state index in [1.54, 1.807) is 13.0 Å². The highest BCUT2D eigenvalue weighted by Crippen LogP contribution is 2.27. The standard InChI is InChI=1S/C16H24N2O2/c1-3-13-5-4-6-15(9-13)17-11-14-8-7-12(2)16(10-14)18(19)20/h7-8,10,13,15,17H,3-6,9,11H2,1-2H3. The Hall–Kier alpha value is -1.42. The summed E-state index contributed by atoms with van der Waals surface area (Å²) in [6.45, 7) is 4.76. The molecule has 0 aliphatic heterocycles. The van der Waals surface area contributed by atoms with E-state index in [1.165, 1.54) is 32.1 Å². The first-order valence-electron chi connectivity index (χ1n) is 7.57. The Morgan fingerprint density at radius 1 is 1.40 bits per heavy atom. The number of hydrogen-bond acceptors (Lipinski definition) is 3.